The van der Waals surface area contributed by atoms with Crippen molar-refractivity contribution in [3.8, 4) is 5.75 Å². The minimum absolute atomic E-state index is 0.0505. The zero-order valence-corrected chi connectivity index (χ0v) is 27.0. The van der Waals surface area contributed by atoms with Gasteiger partial charge in [0.2, 0.25) is 11.8 Å². The van der Waals surface area contributed by atoms with Gasteiger partial charge in [0.05, 0.1) is 17.7 Å². The van der Waals surface area contributed by atoms with Crippen molar-refractivity contribution >= 4 is 27.5 Å². The molecule has 0 radical (unpaired) electrons. The Hall–Kier alpha value is -4.63. The van der Waals surface area contributed by atoms with Crippen LogP contribution in [-0.4, -0.2) is 51.4 Å². The van der Waals surface area contributed by atoms with Crippen LogP contribution in [0.3, 0.4) is 0 Å². The molecule has 1 N–H and O–H groups in total. The van der Waals surface area contributed by atoms with Crippen LogP contribution in [0.15, 0.2) is 114 Å². The lowest BCUT2D eigenvalue weighted by molar-refractivity contribution is -0.140. The number of hydrogen-bond donors (Lipinski definition) is 1. The number of benzene rings is 4. The molecule has 0 aromatic heterocycles. The summed E-state index contributed by atoms with van der Waals surface area (Å²) in [4.78, 5) is 30.0. The predicted octanol–water partition coefficient (Wildman–Crippen LogP) is 5.61. The molecule has 0 aliphatic heterocycles. The summed E-state index contributed by atoms with van der Waals surface area (Å²) in [6.07, 6.45) is 0.260. The van der Waals surface area contributed by atoms with Crippen LogP contribution in [0, 0.1) is 12.8 Å². The molecule has 0 unspecified atom stereocenters. The van der Waals surface area contributed by atoms with E-state index in [1.165, 1.54) is 24.1 Å². The average Bonchev–Trinajstić information content (AvgIpc) is 3.05. The molecule has 0 fully saturated rings. The van der Waals surface area contributed by atoms with Crippen LogP contribution in [0.4, 0.5) is 5.69 Å². The Morgan fingerprint density at radius 2 is 1.42 bits per heavy atom. The minimum atomic E-state index is -4.17. The molecule has 8 nitrogen and oxygen atoms in total. The summed E-state index contributed by atoms with van der Waals surface area (Å²) in [7, 11) is -2.64. The zero-order chi connectivity index (χ0) is 32.4. The zero-order valence-electron chi connectivity index (χ0n) is 26.2. The predicted molar refractivity (Wildman–Crippen MR) is 177 cm³/mol. The Labute approximate surface area is 266 Å². The van der Waals surface area contributed by atoms with Crippen LogP contribution < -0.4 is 14.4 Å². The molecule has 4 aromatic carbocycles. The van der Waals surface area contributed by atoms with Crippen LogP contribution in [-0.2, 0) is 32.6 Å². The van der Waals surface area contributed by atoms with Crippen LogP contribution >= 0.6 is 0 Å². The number of ether oxygens (including phenoxy) is 1. The first-order chi connectivity index (χ1) is 21.6. The normalized spacial score (nSPS) is 11.9. The van der Waals surface area contributed by atoms with Gasteiger partial charge in [-0.15, -0.1) is 0 Å². The lowest BCUT2D eigenvalue weighted by Crippen LogP contribution is -2.53. The van der Waals surface area contributed by atoms with Crippen molar-refractivity contribution in [2.24, 2.45) is 5.92 Å². The Balaban J connectivity index is 1.80. The standard InChI is InChI=1S/C36H41N3O5S/c1-27(2)24-37-36(41)34(23-29-14-7-5-8-15-29)38(25-30-16-12-11-13-28(30)3)35(40)26-39(31-19-21-32(44-4)22-20-31)45(42,43)33-17-9-6-10-18-33/h5-22,27,34H,23-26H2,1-4H3,(H,37,41)/t34-/m1/s1. The van der Waals surface area contributed by atoms with Gasteiger partial charge in [0.15, 0.2) is 0 Å². The third-order valence-electron chi connectivity index (χ3n) is 7.53. The second kappa shape index (κ2) is 15.4. The smallest absolute Gasteiger partial charge is 0.264 e. The highest BCUT2D eigenvalue weighted by Crippen LogP contribution is 2.27. The maximum absolute atomic E-state index is 14.5. The fraction of sp³-hybridized carbons (Fsp3) is 0.278. The lowest BCUT2D eigenvalue weighted by Gasteiger charge is -2.34. The molecule has 45 heavy (non-hydrogen) atoms. The largest absolute Gasteiger partial charge is 0.497 e. The Morgan fingerprint density at radius 3 is 2.02 bits per heavy atom. The highest BCUT2D eigenvalue weighted by molar-refractivity contribution is 7.92. The molecule has 1 atom stereocenters. The van der Waals surface area contributed by atoms with E-state index in [2.05, 4.69) is 5.32 Å². The van der Waals surface area contributed by atoms with Gasteiger partial charge in [-0.3, -0.25) is 13.9 Å². The van der Waals surface area contributed by atoms with E-state index >= 15 is 0 Å². The molecule has 0 bridgehead atoms. The molecule has 0 aliphatic rings. The summed E-state index contributed by atoms with van der Waals surface area (Å²) < 4.78 is 34.5. The van der Waals surface area contributed by atoms with Crippen molar-refractivity contribution in [1.82, 2.24) is 10.2 Å². The van der Waals surface area contributed by atoms with Crippen molar-refractivity contribution in [2.75, 3.05) is 24.5 Å². The Kier molecular flexibility index (Phi) is 11.4. The molecule has 9 heteroatoms. The van der Waals surface area contributed by atoms with Crippen molar-refractivity contribution in [2.45, 2.75) is 44.7 Å². The maximum Gasteiger partial charge on any atom is 0.264 e. The number of sulfonamides is 1. The number of carbonyl (C=O) groups excluding carboxylic acids is 2. The maximum atomic E-state index is 14.5. The van der Waals surface area contributed by atoms with Crippen LogP contribution in [0.25, 0.3) is 0 Å². The van der Waals surface area contributed by atoms with E-state index in [4.69, 9.17) is 4.74 Å². The molecule has 0 aliphatic carbocycles. The number of nitrogens with one attached hydrogen (secondary N) is 1. The van der Waals surface area contributed by atoms with Gasteiger partial charge in [0, 0.05) is 19.5 Å². The number of rotatable bonds is 14. The number of nitrogens with zero attached hydrogens (tertiary/aromatic N) is 2. The fourth-order valence-corrected chi connectivity index (χ4v) is 6.38. The molecule has 0 spiro atoms. The van der Waals surface area contributed by atoms with Gasteiger partial charge >= 0.3 is 0 Å². The number of aryl methyl sites for hydroxylation is 1. The molecule has 2 amide bonds. The average molecular weight is 628 g/mol. The lowest BCUT2D eigenvalue weighted by atomic mass is 10.0. The molecule has 0 heterocycles. The van der Waals surface area contributed by atoms with Gasteiger partial charge in [-0.25, -0.2) is 8.42 Å². The first-order valence-electron chi connectivity index (χ1n) is 15.0. The summed E-state index contributed by atoms with van der Waals surface area (Å²) >= 11 is 0. The van der Waals surface area contributed by atoms with Crippen LogP contribution in [0.5, 0.6) is 5.75 Å². The van der Waals surface area contributed by atoms with Crippen molar-refractivity contribution in [3.05, 3.63) is 126 Å². The number of anilines is 1. The summed E-state index contributed by atoms with van der Waals surface area (Å²) in [5, 5.41) is 3.01. The molecular weight excluding hydrogens is 586 g/mol. The Morgan fingerprint density at radius 1 is 0.822 bits per heavy atom. The van der Waals surface area contributed by atoms with Gasteiger partial charge in [0.1, 0.15) is 18.3 Å². The molecule has 0 saturated carbocycles. The molecular formula is C36H41N3O5S. The van der Waals surface area contributed by atoms with Gasteiger partial charge in [-0.2, -0.15) is 0 Å². The number of amides is 2. The highest BCUT2D eigenvalue weighted by Gasteiger charge is 2.34. The van der Waals surface area contributed by atoms with Crippen molar-refractivity contribution in [1.29, 1.82) is 0 Å². The van der Waals surface area contributed by atoms with E-state index in [0.29, 0.717) is 18.0 Å². The summed E-state index contributed by atoms with van der Waals surface area (Å²) in [5.41, 5.74) is 3.00. The third-order valence-corrected chi connectivity index (χ3v) is 9.32. The van der Waals surface area contributed by atoms with E-state index in [1.54, 1.807) is 42.5 Å². The first-order valence-corrected chi connectivity index (χ1v) is 16.4. The summed E-state index contributed by atoms with van der Waals surface area (Å²) in [6.45, 7) is 6.01. The molecule has 236 valence electrons. The van der Waals surface area contributed by atoms with Gasteiger partial charge in [-0.1, -0.05) is 86.6 Å². The first kappa shape index (κ1) is 33.3. The van der Waals surface area contributed by atoms with E-state index < -0.39 is 28.5 Å². The van der Waals surface area contributed by atoms with E-state index in [-0.39, 0.29) is 29.7 Å². The second-order valence-corrected chi connectivity index (χ2v) is 13.2. The number of hydrogen-bond acceptors (Lipinski definition) is 5. The van der Waals surface area contributed by atoms with Crippen LogP contribution in [0.2, 0.25) is 0 Å². The molecule has 4 aromatic rings. The molecule has 0 saturated heterocycles. The summed E-state index contributed by atoms with van der Waals surface area (Å²) in [5.74, 6) is -0.0490. The van der Waals surface area contributed by atoms with Crippen LogP contribution in [0.1, 0.15) is 30.5 Å². The van der Waals surface area contributed by atoms with Crippen molar-refractivity contribution in [3.63, 3.8) is 0 Å². The van der Waals surface area contributed by atoms with Gasteiger partial charge in [0.25, 0.3) is 10.0 Å². The van der Waals surface area contributed by atoms with E-state index in [1.807, 2.05) is 75.4 Å². The Bertz CT molecular complexity index is 1660. The quantitative estimate of drug-likeness (QED) is 0.196. The van der Waals surface area contributed by atoms with Gasteiger partial charge in [-0.05, 0) is 65.9 Å². The van der Waals surface area contributed by atoms with E-state index in [0.717, 1.165) is 21.0 Å². The van der Waals surface area contributed by atoms with Crippen molar-refractivity contribution < 1.29 is 22.7 Å². The number of carbonyl (C=O) groups is 2. The minimum Gasteiger partial charge on any atom is -0.497 e. The monoisotopic (exact) mass is 627 g/mol. The number of methoxy groups -OCH3 is 1. The highest BCUT2D eigenvalue weighted by atomic mass is 32.2. The third kappa shape index (κ3) is 8.73. The van der Waals surface area contributed by atoms with E-state index in [9.17, 15) is 18.0 Å². The second-order valence-electron chi connectivity index (χ2n) is 11.3. The SMILES string of the molecule is COc1ccc(N(CC(=O)N(Cc2ccccc2C)[C@H](Cc2ccccc2)C(=O)NCC(C)C)S(=O)(=O)c2ccccc2)cc1. The topological polar surface area (TPSA) is 96.0 Å². The molecule has 4 rings (SSSR count). The fourth-order valence-electron chi connectivity index (χ4n) is 4.94. The van der Waals surface area contributed by atoms with Gasteiger partial charge < -0.3 is 15.0 Å². The summed E-state index contributed by atoms with van der Waals surface area (Å²) in [6, 6.07) is 30.8.